The van der Waals surface area contributed by atoms with Crippen molar-refractivity contribution in [1.29, 1.82) is 0 Å². The molecule has 0 saturated carbocycles. The molecule has 0 atom stereocenters. The molecule has 28 heavy (non-hydrogen) atoms. The minimum absolute atomic E-state index is 0.119. The molecule has 3 rings (SSSR count). The van der Waals surface area contributed by atoms with Crippen LogP contribution in [0.25, 0.3) is 0 Å². The van der Waals surface area contributed by atoms with Crippen LogP contribution in [0.4, 0.5) is 4.39 Å². The second-order valence-electron chi connectivity index (χ2n) is 5.92. The summed E-state index contributed by atoms with van der Waals surface area (Å²) in [5.41, 5.74) is 0.866. The number of benzene rings is 3. The number of amides is 1. The molecule has 0 spiro atoms. The van der Waals surface area contributed by atoms with Crippen LogP contribution in [0.15, 0.2) is 72.8 Å². The van der Waals surface area contributed by atoms with E-state index >= 15 is 0 Å². The zero-order valence-electron chi connectivity index (χ0n) is 15.4. The molecule has 0 fully saturated rings. The second kappa shape index (κ2) is 9.41. The highest BCUT2D eigenvalue weighted by Gasteiger charge is 2.07. The van der Waals surface area contributed by atoms with Crippen molar-refractivity contribution < 1.29 is 23.4 Å². The number of para-hydroxylation sites is 2. The molecular weight excluding hydrogens is 361 g/mol. The first-order valence-electron chi connectivity index (χ1n) is 8.69. The van der Waals surface area contributed by atoms with Gasteiger partial charge in [0.25, 0.3) is 5.91 Å². The smallest absolute Gasteiger partial charge is 0.258 e. The van der Waals surface area contributed by atoms with Gasteiger partial charge in [-0.1, -0.05) is 24.3 Å². The van der Waals surface area contributed by atoms with Crippen LogP contribution in [0, 0.1) is 5.82 Å². The number of methoxy groups -OCH3 is 1. The summed E-state index contributed by atoms with van der Waals surface area (Å²) in [6.45, 7) is 0.209. The molecule has 0 bridgehead atoms. The lowest BCUT2D eigenvalue weighted by Gasteiger charge is -2.11. The van der Waals surface area contributed by atoms with Gasteiger partial charge in [0.2, 0.25) is 0 Å². The number of ether oxygens (including phenoxy) is 3. The monoisotopic (exact) mass is 381 g/mol. The summed E-state index contributed by atoms with van der Waals surface area (Å²) in [6.07, 6.45) is 0. The third-order valence-corrected chi connectivity index (χ3v) is 3.87. The van der Waals surface area contributed by atoms with E-state index in [1.54, 1.807) is 37.4 Å². The highest BCUT2D eigenvalue weighted by atomic mass is 19.1. The van der Waals surface area contributed by atoms with Crippen molar-refractivity contribution in [2.45, 2.75) is 6.54 Å². The minimum Gasteiger partial charge on any atom is -0.493 e. The van der Waals surface area contributed by atoms with Gasteiger partial charge in [-0.25, -0.2) is 4.39 Å². The van der Waals surface area contributed by atoms with Gasteiger partial charge in [-0.3, -0.25) is 4.79 Å². The zero-order chi connectivity index (χ0) is 19.8. The first kappa shape index (κ1) is 19.2. The van der Waals surface area contributed by atoms with Crippen LogP contribution >= 0.6 is 0 Å². The topological polar surface area (TPSA) is 56.8 Å². The molecule has 1 amide bonds. The summed E-state index contributed by atoms with van der Waals surface area (Å²) >= 11 is 0. The number of hydrogen-bond donors (Lipinski definition) is 1. The molecule has 0 aliphatic rings. The van der Waals surface area contributed by atoms with Crippen LogP contribution in [0.3, 0.4) is 0 Å². The molecule has 1 N–H and O–H groups in total. The van der Waals surface area contributed by atoms with Gasteiger partial charge in [-0.15, -0.1) is 0 Å². The van der Waals surface area contributed by atoms with Crippen molar-refractivity contribution in [1.82, 2.24) is 5.32 Å². The lowest BCUT2D eigenvalue weighted by Crippen LogP contribution is -2.28. The van der Waals surface area contributed by atoms with Crippen molar-refractivity contribution in [2.75, 3.05) is 13.7 Å². The van der Waals surface area contributed by atoms with Crippen LogP contribution in [-0.2, 0) is 11.3 Å². The lowest BCUT2D eigenvalue weighted by molar-refractivity contribution is -0.123. The summed E-state index contributed by atoms with van der Waals surface area (Å²) < 4.78 is 29.3. The van der Waals surface area contributed by atoms with E-state index in [0.29, 0.717) is 29.5 Å². The van der Waals surface area contributed by atoms with Gasteiger partial charge in [0.15, 0.2) is 18.1 Å². The van der Waals surface area contributed by atoms with Crippen molar-refractivity contribution in [2.24, 2.45) is 0 Å². The fourth-order valence-electron chi connectivity index (χ4n) is 2.49. The van der Waals surface area contributed by atoms with Gasteiger partial charge in [-0.05, 0) is 54.1 Å². The van der Waals surface area contributed by atoms with Crippen molar-refractivity contribution >= 4 is 5.91 Å². The maximum atomic E-state index is 13.0. The Morgan fingerprint density at radius 2 is 1.68 bits per heavy atom. The average molecular weight is 381 g/mol. The van der Waals surface area contributed by atoms with E-state index in [1.807, 2.05) is 30.3 Å². The highest BCUT2D eigenvalue weighted by Crippen LogP contribution is 2.25. The normalized spacial score (nSPS) is 10.2. The first-order valence-corrected chi connectivity index (χ1v) is 8.69. The molecule has 3 aromatic rings. The molecule has 0 saturated heterocycles. The maximum Gasteiger partial charge on any atom is 0.258 e. The van der Waals surface area contributed by atoms with Gasteiger partial charge < -0.3 is 19.5 Å². The highest BCUT2D eigenvalue weighted by molar-refractivity contribution is 5.77. The number of halogens is 1. The Kier molecular flexibility index (Phi) is 6.46. The molecule has 0 aromatic heterocycles. The number of carbonyl (C=O) groups is 1. The molecule has 5 nitrogen and oxygen atoms in total. The second-order valence-corrected chi connectivity index (χ2v) is 5.92. The summed E-state index contributed by atoms with van der Waals surface area (Å²) in [4.78, 5) is 12.1. The van der Waals surface area contributed by atoms with E-state index in [-0.39, 0.29) is 18.3 Å². The molecule has 0 heterocycles. The van der Waals surface area contributed by atoms with Crippen molar-refractivity contribution in [3.8, 4) is 23.0 Å². The third kappa shape index (κ3) is 5.48. The van der Waals surface area contributed by atoms with Crippen LogP contribution in [0.1, 0.15) is 5.56 Å². The predicted octanol–water partition coefficient (Wildman–Crippen LogP) is 4.32. The number of nitrogens with one attached hydrogen (secondary N) is 1. The molecule has 144 valence electrons. The minimum atomic E-state index is -0.320. The van der Waals surface area contributed by atoms with Crippen molar-refractivity contribution in [3.05, 3.63) is 84.2 Å². The zero-order valence-corrected chi connectivity index (χ0v) is 15.4. The van der Waals surface area contributed by atoms with Crippen LogP contribution in [0.2, 0.25) is 0 Å². The third-order valence-electron chi connectivity index (χ3n) is 3.87. The van der Waals surface area contributed by atoms with E-state index in [2.05, 4.69) is 5.32 Å². The van der Waals surface area contributed by atoms with E-state index in [9.17, 15) is 9.18 Å². The largest absolute Gasteiger partial charge is 0.493 e. The van der Waals surface area contributed by atoms with Crippen LogP contribution in [-0.4, -0.2) is 19.6 Å². The van der Waals surface area contributed by atoms with E-state index in [4.69, 9.17) is 14.2 Å². The Morgan fingerprint density at radius 3 is 2.43 bits per heavy atom. The van der Waals surface area contributed by atoms with Gasteiger partial charge in [0.1, 0.15) is 17.3 Å². The summed E-state index contributed by atoms with van der Waals surface area (Å²) in [5, 5.41) is 2.80. The fraction of sp³-hybridized carbons (Fsp3) is 0.136. The Hall–Kier alpha value is -3.54. The van der Waals surface area contributed by atoms with Gasteiger partial charge in [-0.2, -0.15) is 0 Å². The molecule has 3 aromatic carbocycles. The summed E-state index contributed by atoms with van der Waals surface area (Å²) in [7, 11) is 1.54. The Labute approximate surface area is 162 Å². The van der Waals surface area contributed by atoms with E-state index in [1.165, 1.54) is 12.1 Å². The molecule has 0 aliphatic heterocycles. The Morgan fingerprint density at radius 1 is 0.929 bits per heavy atom. The van der Waals surface area contributed by atoms with E-state index < -0.39 is 0 Å². The quantitative estimate of drug-likeness (QED) is 0.631. The number of carbonyl (C=O) groups excluding carboxylic acids is 1. The molecule has 0 unspecified atom stereocenters. The van der Waals surface area contributed by atoms with Gasteiger partial charge in [0.05, 0.1) is 7.11 Å². The fourth-order valence-corrected chi connectivity index (χ4v) is 2.49. The van der Waals surface area contributed by atoms with Gasteiger partial charge >= 0.3 is 0 Å². The molecule has 0 radical (unpaired) electrons. The molecular formula is C22H20FNO4. The van der Waals surface area contributed by atoms with Crippen LogP contribution in [0.5, 0.6) is 23.0 Å². The number of rotatable bonds is 8. The Balaban J connectivity index is 1.51. The lowest BCUT2D eigenvalue weighted by atomic mass is 10.2. The predicted molar refractivity (Wildman–Crippen MR) is 103 cm³/mol. The van der Waals surface area contributed by atoms with Crippen LogP contribution < -0.4 is 19.5 Å². The molecule has 0 aliphatic carbocycles. The summed E-state index contributed by atoms with van der Waals surface area (Å²) in [5.74, 6) is 1.64. The summed E-state index contributed by atoms with van der Waals surface area (Å²) in [6, 6.07) is 20.2. The Bertz CT molecular complexity index is 928. The molecule has 6 heteroatoms. The van der Waals surface area contributed by atoms with E-state index in [0.717, 1.165) is 5.56 Å². The van der Waals surface area contributed by atoms with Gasteiger partial charge in [0, 0.05) is 6.54 Å². The maximum absolute atomic E-state index is 13.0. The number of hydrogen-bond acceptors (Lipinski definition) is 4. The first-order chi connectivity index (χ1) is 13.6. The standard InChI is InChI=1S/C22H20FNO4/c1-26-20-7-2-3-8-21(20)27-15-22(25)24-14-16-5-4-6-19(13-16)28-18-11-9-17(23)10-12-18/h2-13H,14-15H2,1H3,(H,24,25). The average Bonchev–Trinajstić information content (AvgIpc) is 2.73. The van der Waals surface area contributed by atoms with Crippen molar-refractivity contribution in [3.63, 3.8) is 0 Å². The SMILES string of the molecule is COc1ccccc1OCC(=O)NCc1cccc(Oc2ccc(F)cc2)c1.